The molecule has 0 saturated heterocycles. The van der Waals surface area contributed by atoms with Gasteiger partial charge in [0.1, 0.15) is 0 Å². The Hall–Kier alpha value is 0.130. The lowest BCUT2D eigenvalue weighted by Gasteiger charge is -1.85. The van der Waals surface area contributed by atoms with E-state index in [1.807, 2.05) is 0 Å². The van der Waals surface area contributed by atoms with Gasteiger partial charge in [-0.2, -0.15) is 0 Å². The van der Waals surface area contributed by atoms with Crippen molar-refractivity contribution in [2.75, 3.05) is 0 Å². The molecule has 0 saturated carbocycles. The summed E-state index contributed by atoms with van der Waals surface area (Å²) in [6, 6.07) is 3.17. The van der Waals surface area contributed by atoms with E-state index in [-0.39, 0.29) is 5.75 Å². The molecule has 0 aromatic heterocycles. The second kappa shape index (κ2) is 3.89. The summed E-state index contributed by atoms with van der Waals surface area (Å²) in [7, 11) is 0. The Balaban J connectivity index is 3.69. The highest BCUT2D eigenvalue weighted by molar-refractivity contribution is 9.11. The minimum atomic E-state index is -0.437. The molecule has 0 amide bonds. The fraction of sp³-hybridized carbons (Fsp3) is 0. The van der Waals surface area contributed by atoms with Gasteiger partial charge >= 0.3 is 0 Å². The average molecular weight is 359 g/mol. The van der Waals surface area contributed by atoms with Gasteiger partial charge in [-0.05, 0) is 44.0 Å². The second-order valence-corrected chi connectivity index (χ2v) is 4.67. The van der Waals surface area contributed by atoms with Gasteiger partial charge in [-0.1, -0.05) is 15.9 Å². The normalized spacial score (nSPS) is 9.92. The molecule has 0 fully saturated rings. The maximum atomic E-state index is 11.2. The summed E-state index contributed by atoms with van der Waals surface area (Å²) in [5.41, 5.74) is -0.437. The van der Waals surface area contributed by atoms with Crippen molar-refractivity contribution < 1.29 is 5.11 Å². The predicted octanol–water partition coefficient (Wildman–Crippen LogP) is 3.04. The maximum absolute atomic E-state index is 11.2. The predicted molar refractivity (Wildman–Crippen MR) is 57.5 cm³/mol. The Labute approximate surface area is 94.0 Å². The number of halogens is 3. The SMILES string of the molecule is O=c1c(Br)cc(Br)cc(Br)c1O. The van der Waals surface area contributed by atoms with Crippen molar-refractivity contribution in [3.05, 3.63) is 35.8 Å². The second-order valence-electron chi connectivity index (χ2n) is 2.05. The van der Waals surface area contributed by atoms with Crippen LogP contribution in [0.1, 0.15) is 0 Å². The fourth-order valence-electron chi connectivity index (χ4n) is 0.639. The minimum Gasteiger partial charge on any atom is -0.503 e. The van der Waals surface area contributed by atoms with Crippen molar-refractivity contribution in [3.8, 4) is 5.75 Å². The summed E-state index contributed by atoms with van der Waals surface area (Å²) in [5.74, 6) is -0.299. The molecule has 1 N–H and O–H groups in total. The third-order valence-corrected chi connectivity index (χ3v) is 2.84. The van der Waals surface area contributed by atoms with Crippen LogP contribution >= 0.6 is 47.8 Å². The first-order valence-corrected chi connectivity index (χ1v) is 5.28. The van der Waals surface area contributed by atoms with Gasteiger partial charge in [-0.25, -0.2) is 0 Å². The molecule has 12 heavy (non-hydrogen) atoms. The third-order valence-electron chi connectivity index (χ3n) is 1.19. The molecule has 1 rings (SSSR count). The number of hydrogen-bond acceptors (Lipinski definition) is 2. The van der Waals surface area contributed by atoms with Gasteiger partial charge in [0, 0.05) is 4.47 Å². The Morgan fingerprint density at radius 1 is 1.08 bits per heavy atom. The molecule has 64 valence electrons. The minimum absolute atomic E-state index is 0.299. The van der Waals surface area contributed by atoms with Crippen LogP contribution in [0, 0.1) is 0 Å². The van der Waals surface area contributed by atoms with Crippen LogP contribution in [0.25, 0.3) is 0 Å². The van der Waals surface area contributed by atoms with Crippen molar-refractivity contribution >= 4 is 47.8 Å². The molecule has 0 heterocycles. The van der Waals surface area contributed by atoms with Gasteiger partial charge in [0.2, 0.25) is 5.43 Å². The van der Waals surface area contributed by atoms with Crippen molar-refractivity contribution in [3.63, 3.8) is 0 Å². The zero-order valence-electron chi connectivity index (χ0n) is 5.64. The van der Waals surface area contributed by atoms with Crippen LogP contribution in [-0.4, -0.2) is 5.11 Å². The lowest BCUT2D eigenvalue weighted by atomic mass is 10.5. The van der Waals surface area contributed by atoms with Gasteiger partial charge in [0.05, 0.1) is 8.95 Å². The lowest BCUT2D eigenvalue weighted by molar-refractivity contribution is 0.467. The molecule has 1 aromatic carbocycles. The molecule has 5 heteroatoms. The first-order valence-electron chi connectivity index (χ1n) is 2.90. The quantitative estimate of drug-likeness (QED) is 0.774. The topological polar surface area (TPSA) is 37.3 Å². The number of aromatic hydroxyl groups is 1. The Morgan fingerprint density at radius 2 is 1.58 bits per heavy atom. The molecule has 0 aliphatic heterocycles. The first-order chi connectivity index (χ1) is 5.52. The van der Waals surface area contributed by atoms with Crippen molar-refractivity contribution in [1.82, 2.24) is 0 Å². The van der Waals surface area contributed by atoms with Crippen molar-refractivity contribution in [2.45, 2.75) is 0 Å². The molecule has 0 atom stereocenters. The molecule has 0 aliphatic carbocycles. The smallest absolute Gasteiger partial charge is 0.235 e. The van der Waals surface area contributed by atoms with Gasteiger partial charge in [0.15, 0.2) is 5.75 Å². The Bertz CT molecular complexity index is 376. The molecule has 0 radical (unpaired) electrons. The monoisotopic (exact) mass is 356 g/mol. The molecule has 2 nitrogen and oxygen atoms in total. The zero-order chi connectivity index (χ0) is 9.30. The molecule has 0 spiro atoms. The maximum Gasteiger partial charge on any atom is 0.235 e. The first kappa shape index (κ1) is 10.2. The van der Waals surface area contributed by atoms with Crippen LogP contribution in [0.15, 0.2) is 30.3 Å². The van der Waals surface area contributed by atoms with Gasteiger partial charge in [-0.3, -0.25) is 4.79 Å². The van der Waals surface area contributed by atoms with E-state index in [9.17, 15) is 9.90 Å². The van der Waals surface area contributed by atoms with Gasteiger partial charge in [-0.15, -0.1) is 0 Å². The van der Waals surface area contributed by atoms with Gasteiger partial charge in [0.25, 0.3) is 0 Å². The van der Waals surface area contributed by atoms with Crippen LogP contribution in [0.3, 0.4) is 0 Å². The largest absolute Gasteiger partial charge is 0.503 e. The molecule has 0 unspecified atom stereocenters. The van der Waals surface area contributed by atoms with Crippen molar-refractivity contribution in [2.24, 2.45) is 0 Å². The fourth-order valence-corrected chi connectivity index (χ4v) is 2.57. The van der Waals surface area contributed by atoms with E-state index in [1.54, 1.807) is 12.1 Å². The third kappa shape index (κ3) is 2.08. The van der Waals surface area contributed by atoms with Crippen LogP contribution < -0.4 is 5.43 Å². The summed E-state index contributed by atoms with van der Waals surface area (Å²) in [5, 5.41) is 9.26. The molecule has 0 bridgehead atoms. The van der Waals surface area contributed by atoms with Crippen LogP contribution in [0.2, 0.25) is 0 Å². The highest BCUT2D eigenvalue weighted by atomic mass is 79.9. The van der Waals surface area contributed by atoms with E-state index in [0.29, 0.717) is 13.4 Å². The Kier molecular flexibility index (Phi) is 3.31. The summed E-state index contributed by atoms with van der Waals surface area (Å²) in [4.78, 5) is 11.2. The number of rotatable bonds is 0. The van der Waals surface area contributed by atoms with E-state index in [0.717, 1.165) is 0 Å². The standard InChI is InChI=1S/C7H3Br3O2/c8-3-1-4(9)6(11)7(12)5(10)2-3/h1-2H,(H,11,12). The van der Waals surface area contributed by atoms with E-state index in [1.165, 1.54) is 0 Å². The summed E-state index contributed by atoms with van der Waals surface area (Å²) in [6.45, 7) is 0. The molecular weight excluding hydrogens is 356 g/mol. The van der Waals surface area contributed by atoms with Crippen LogP contribution in [0.4, 0.5) is 0 Å². The molecule has 0 aliphatic rings. The average Bonchev–Trinajstić information content (AvgIpc) is 2.05. The van der Waals surface area contributed by atoms with E-state index >= 15 is 0 Å². The summed E-state index contributed by atoms with van der Waals surface area (Å²) < 4.78 is 1.39. The van der Waals surface area contributed by atoms with Crippen LogP contribution in [0.5, 0.6) is 5.75 Å². The number of hydrogen-bond donors (Lipinski definition) is 1. The summed E-state index contributed by atoms with van der Waals surface area (Å²) in [6.07, 6.45) is 0. The van der Waals surface area contributed by atoms with Crippen LogP contribution in [-0.2, 0) is 0 Å². The van der Waals surface area contributed by atoms with E-state index < -0.39 is 5.43 Å². The van der Waals surface area contributed by atoms with Gasteiger partial charge < -0.3 is 5.11 Å². The van der Waals surface area contributed by atoms with Crippen molar-refractivity contribution in [1.29, 1.82) is 0 Å². The Morgan fingerprint density at radius 3 is 2.17 bits per heavy atom. The lowest BCUT2D eigenvalue weighted by Crippen LogP contribution is -1.96. The molecule has 1 aromatic rings. The van der Waals surface area contributed by atoms with E-state index in [2.05, 4.69) is 47.8 Å². The zero-order valence-corrected chi connectivity index (χ0v) is 10.4. The van der Waals surface area contributed by atoms with E-state index in [4.69, 9.17) is 0 Å². The highest BCUT2D eigenvalue weighted by Gasteiger charge is 2.05. The molecular formula is C7H3Br3O2. The summed E-state index contributed by atoms with van der Waals surface area (Å²) >= 11 is 9.30. The highest BCUT2D eigenvalue weighted by Crippen LogP contribution is 2.24.